The smallest absolute Gasteiger partial charge is 0.299 e. The predicted octanol–water partition coefficient (Wildman–Crippen LogP) is 5.23. The molecule has 1 aliphatic carbocycles. The summed E-state index contributed by atoms with van der Waals surface area (Å²) in [5.41, 5.74) is 5.83. The van der Waals surface area contributed by atoms with Crippen LogP contribution in [0.5, 0.6) is 0 Å². The van der Waals surface area contributed by atoms with E-state index in [0.717, 1.165) is 35.4 Å². The van der Waals surface area contributed by atoms with Crippen LogP contribution in [0.4, 0.5) is 11.7 Å². The van der Waals surface area contributed by atoms with Gasteiger partial charge in [0, 0.05) is 17.7 Å². The average Bonchev–Trinajstić information content (AvgIpc) is 3.10. The zero-order valence-corrected chi connectivity index (χ0v) is 16.1. The fourth-order valence-corrected chi connectivity index (χ4v) is 3.60. The molecule has 0 amide bonds. The normalized spacial score (nSPS) is 16.8. The SMILES string of the molecule is CC(C)(C)c1ccc(-c2cnc(Nc3cccc4c3C[C@H](O)CC4)o2)cc1. The third kappa shape index (κ3) is 3.76. The molecule has 1 atom stereocenters. The number of aryl methyl sites for hydroxylation is 1. The Morgan fingerprint density at radius 2 is 1.89 bits per heavy atom. The lowest BCUT2D eigenvalue weighted by Crippen LogP contribution is -2.19. The molecule has 140 valence electrons. The Labute approximate surface area is 160 Å². The number of nitrogens with zero attached hydrogens (tertiary/aromatic N) is 1. The Morgan fingerprint density at radius 1 is 1.11 bits per heavy atom. The molecule has 0 saturated heterocycles. The standard InChI is InChI=1S/C23H26N2O2/c1-23(2,3)17-10-7-16(8-11-17)21-14-24-22(27-21)25-20-6-4-5-15-9-12-18(26)13-19(15)20/h4-8,10-11,14,18,26H,9,12-13H2,1-3H3,(H,24,25)/t18-/m1/s1. The van der Waals surface area contributed by atoms with Crippen LogP contribution in [0.1, 0.15) is 43.9 Å². The van der Waals surface area contributed by atoms with Gasteiger partial charge < -0.3 is 14.8 Å². The second-order valence-corrected chi connectivity index (χ2v) is 8.32. The van der Waals surface area contributed by atoms with E-state index in [-0.39, 0.29) is 11.5 Å². The molecular weight excluding hydrogens is 336 g/mol. The summed E-state index contributed by atoms with van der Waals surface area (Å²) in [4.78, 5) is 4.39. The maximum Gasteiger partial charge on any atom is 0.299 e. The number of hydrogen-bond donors (Lipinski definition) is 2. The van der Waals surface area contributed by atoms with Crippen molar-refractivity contribution >= 4 is 11.7 Å². The Bertz CT molecular complexity index is 936. The van der Waals surface area contributed by atoms with Crippen molar-refractivity contribution in [1.82, 2.24) is 4.98 Å². The van der Waals surface area contributed by atoms with E-state index in [9.17, 15) is 5.11 Å². The van der Waals surface area contributed by atoms with Gasteiger partial charge in [-0.2, -0.15) is 0 Å². The van der Waals surface area contributed by atoms with E-state index in [1.54, 1.807) is 6.20 Å². The molecule has 4 nitrogen and oxygen atoms in total. The zero-order chi connectivity index (χ0) is 19.0. The van der Waals surface area contributed by atoms with Crippen molar-refractivity contribution in [3.05, 3.63) is 65.4 Å². The van der Waals surface area contributed by atoms with Gasteiger partial charge in [-0.05, 0) is 41.0 Å². The summed E-state index contributed by atoms with van der Waals surface area (Å²) in [6.45, 7) is 6.61. The second-order valence-electron chi connectivity index (χ2n) is 8.32. The summed E-state index contributed by atoms with van der Waals surface area (Å²) in [6, 6.07) is 15.1. The van der Waals surface area contributed by atoms with Gasteiger partial charge in [-0.3, -0.25) is 0 Å². The van der Waals surface area contributed by atoms with Gasteiger partial charge in [0.05, 0.1) is 12.3 Å². The first kappa shape index (κ1) is 17.8. The number of fused-ring (bicyclic) bond motifs is 1. The summed E-state index contributed by atoms with van der Waals surface area (Å²) >= 11 is 0. The molecular formula is C23H26N2O2. The molecule has 4 rings (SSSR count). The second kappa shape index (κ2) is 6.86. The number of oxazole rings is 1. The topological polar surface area (TPSA) is 58.3 Å². The first-order chi connectivity index (χ1) is 12.9. The van der Waals surface area contributed by atoms with Gasteiger partial charge in [-0.1, -0.05) is 57.2 Å². The third-order valence-corrected chi connectivity index (χ3v) is 5.24. The van der Waals surface area contributed by atoms with Crippen LogP contribution in [0.25, 0.3) is 11.3 Å². The van der Waals surface area contributed by atoms with Gasteiger partial charge in [0.25, 0.3) is 6.01 Å². The summed E-state index contributed by atoms with van der Waals surface area (Å²) in [5, 5.41) is 13.3. The minimum Gasteiger partial charge on any atom is -0.423 e. The molecule has 2 N–H and O–H groups in total. The van der Waals surface area contributed by atoms with E-state index < -0.39 is 0 Å². The van der Waals surface area contributed by atoms with Gasteiger partial charge in [-0.25, -0.2) is 4.98 Å². The van der Waals surface area contributed by atoms with Crippen LogP contribution in [0.3, 0.4) is 0 Å². The Kier molecular flexibility index (Phi) is 4.52. The Morgan fingerprint density at radius 3 is 2.63 bits per heavy atom. The van der Waals surface area contributed by atoms with Crippen molar-refractivity contribution in [3.8, 4) is 11.3 Å². The third-order valence-electron chi connectivity index (χ3n) is 5.24. The highest BCUT2D eigenvalue weighted by molar-refractivity contribution is 5.63. The van der Waals surface area contributed by atoms with E-state index in [1.165, 1.54) is 11.1 Å². The van der Waals surface area contributed by atoms with Crippen molar-refractivity contribution in [1.29, 1.82) is 0 Å². The molecule has 0 unspecified atom stereocenters. The first-order valence-electron chi connectivity index (χ1n) is 9.53. The number of aliphatic hydroxyl groups excluding tert-OH is 1. The van der Waals surface area contributed by atoms with Crippen LogP contribution in [0.15, 0.2) is 53.1 Å². The highest BCUT2D eigenvalue weighted by Crippen LogP contribution is 2.32. The van der Waals surface area contributed by atoms with E-state index in [0.29, 0.717) is 12.4 Å². The number of nitrogens with one attached hydrogen (secondary N) is 1. The van der Waals surface area contributed by atoms with Gasteiger partial charge in [0.1, 0.15) is 0 Å². The van der Waals surface area contributed by atoms with Crippen LogP contribution < -0.4 is 5.32 Å². The maximum atomic E-state index is 10.0. The largest absolute Gasteiger partial charge is 0.423 e. The molecule has 0 radical (unpaired) electrons. The molecule has 4 heteroatoms. The monoisotopic (exact) mass is 362 g/mol. The van der Waals surface area contributed by atoms with Crippen molar-refractivity contribution in [2.75, 3.05) is 5.32 Å². The quantitative estimate of drug-likeness (QED) is 0.669. The molecule has 0 fully saturated rings. The number of hydrogen-bond acceptors (Lipinski definition) is 4. The zero-order valence-electron chi connectivity index (χ0n) is 16.1. The average molecular weight is 362 g/mol. The van der Waals surface area contributed by atoms with Gasteiger partial charge in [0.2, 0.25) is 0 Å². The Hall–Kier alpha value is -2.59. The molecule has 1 heterocycles. The number of rotatable bonds is 3. The van der Waals surface area contributed by atoms with Crippen molar-refractivity contribution in [3.63, 3.8) is 0 Å². The van der Waals surface area contributed by atoms with Gasteiger partial charge in [0.15, 0.2) is 5.76 Å². The fourth-order valence-electron chi connectivity index (χ4n) is 3.60. The number of aliphatic hydroxyl groups is 1. The molecule has 0 saturated carbocycles. The number of aromatic nitrogens is 1. The minimum atomic E-state index is -0.276. The molecule has 1 aliphatic rings. The van der Waals surface area contributed by atoms with Crippen LogP contribution in [0, 0.1) is 0 Å². The van der Waals surface area contributed by atoms with Gasteiger partial charge >= 0.3 is 0 Å². The van der Waals surface area contributed by atoms with E-state index in [1.807, 2.05) is 12.1 Å². The minimum absolute atomic E-state index is 0.129. The lowest BCUT2D eigenvalue weighted by Gasteiger charge is -2.23. The molecule has 0 aliphatic heterocycles. The summed E-state index contributed by atoms with van der Waals surface area (Å²) in [7, 11) is 0. The molecule has 2 aromatic carbocycles. The highest BCUT2D eigenvalue weighted by atomic mass is 16.4. The summed E-state index contributed by atoms with van der Waals surface area (Å²) < 4.78 is 5.93. The van der Waals surface area contributed by atoms with Crippen LogP contribution in [0.2, 0.25) is 0 Å². The Balaban J connectivity index is 1.56. The van der Waals surface area contributed by atoms with Crippen LogP contribution in [-0.4, -0.2) is 16.2 Å². The molecule has 0 spiro atoms. The molecule has 0 bridgehead atoms. The van der Waals surface area contributed by atoms with Crippen LogP contribution in [-0.2, 0) is 18.3 Å². The molecule has 3 aromatic rings. The van der Waals surface area contributed by atoms with Crippen molar-refractivity contribution in [2.24, 2.45) is 0 Å². The summed E-state index contributed by atoms with van der Waals surface area (Å²) in [5.74, 6) is 0.739. The number of anilines is 2. The molecule has 1 aromatic heterocycles. The molecule has 27 heavy (non-hydrogen) atoms. The highest BCUT2D eigenvalue weighted by Gasteiger charge is 2.20. The van der Waals surface area contributed by atoms with E-state index in [2.05, 4.69) is 61.4 Å². The van der Waals surface area contributed by atoms with Crippen molar-refractivity contribution < 1.29 is 9.52 Å². The van der Waals surface area contributed by atoms with E-state index >= 15 is 0 Å². The van der Waals surface area contributed by atoms with Gasteiger partial charge in [-0.15, -0.1) is 0 Å². The predicted molar refractivity (Wildman–Crippen MR) is 108 cm³/mol. The lowest BCUT2D eigenvalue weighted by atomic mass is 9.86. The van der Waals surface area contributed by atoms with Crippen molar-refractivity contribution in [2.45, 2.75) is 51.6 Å². The number of benzene rings is 2. The lowest BCUT2D eigenvalue weighted by molar-refractivity contribution is 0.159. The summed E-state index contributed by atoms with van der Waals surface area (Å²) in [6.07, 6.45) is 3.87. The first-order valence-corrected chi connectivity index (χ1v) is 9.53. The van der Waals surface area contributed by atoms with Crippen LogP contribution >= 0.6 is 0 Å². The maximum absolute atomic E-state index is 10.0. The fraction of sp³-hybridized carbons (Fsp3) is 0.348. The van der Waals surface area contributed by atoms with E-state index in [4.69, 9.17) is 4.42 Å².